The number of halogens is 1. The molecule has 5 heteroatoms. The number of carboxylic acid groups (broad SMARTS) is 1. The minimum absolute atomic E-state index is 0.236. The zero-order chi connectivity index (χ0) is 15.4. The van der Waals surface area contributed by atoms with E-state index in [-0.39, 0.29) is 11.3 Å². The van der Waals surface area contributed by atoms with Gasteiger partial charge in [0.2, 0.25) is 0 Å². The summed E-state index contributed by atoms with van der Waals surface area (Å²) in [6.07, 6.45) is 0.964. The summed E-state index contributed by atoms with van der Waals surface area (Å²) >= 11 is 0. The average molecular weight is 288 g/mol. The van der Waals surface area contributed by atoms with Crippen molar-refractivity contribution >= 4 is 17.3 Å². The monoisotopic (exact) mass is 288 g/mol. The number of nitrogens with two attached hydrogens (primary N) is 1. The number of hydrogen-bond donors (Lipinski definition) is 3. The van der Waals surface area contributed by atoms with Crippen LogP contribution in [0.5, 0.6) is 0 Å². The normalized spacial score (nSPS) is 10.4. The number of aromatic carboxylic acids is 1. The molecular weight excluding hydrogens is 271 g/mol. The van der Waals surface area contributed by atoms with Gasteiger partial charge >= 0.3 is 5.97 Å². The van der Waals surface area contributed by atoms with Crippen LogP contribution in [-0.4, -0.2) is 11.1 Å². The van der Waals surface area contributed by atoms with Gasteiger partial charge in [-0.2, -0.15) is 0 Å². The first-order valence-electron chi connectivity index (χ1n) is 6.66. The Kier molecular flexibility index (Phi) is 4.42. The van der Waals surface area contributed by atoms with Crippen molar-refractivity contribution in [1.29, 1.82) is 0 Å². The van der Waals surface area contributed by atoms with Gasteiger partial charge in [-0.3, -0.25) is 0 Å². The highest BCUT2D eigenvalue weighted by Gasteiger charge is 2.17. The standard InChI is InChI=1S/C16H17FN2O2/c1-2-10-3-5-11(6-4-10)9-19-13-8-7-12(17)15(18)14(13)16(20)21/h3-8,19H,2,9,18H2,1H3,(H,20,21). The summed E-state index contributed by atoms with van der Waals surface area (Å²) in [5, 5.41) is 12.1. The molecule has 0 heterocycles. The van der Waals surface area contributed by atoms with E-state index in [2.05, 4.69) is 12.2 Å². The maximum atomic E-state index is 13.4. The first kappa shape index (κ1) is 14.8. The van der Waals surface area contributed by atoms with Crippen molar-refractivity contribution < 1.29 is 14.3 Å². The molecule has 0 amide bonds. The molecule has 0 aliphatic carbocycles. The molecule has 110 valence electrons. The summed E-state index contributed by atoms with van der Waals surface area (Å²) in [4.78, 5) is 11.2. The molecule has 2 aromatic rings. The molecule has 2 aromatic carbocycles. The summed E-state index contributed by atoms with van der Waals surface area (Å²) in [7, 11) is 0. The molecule has 0 atom stereocenters. The number of anilines is 2. The molecular formula is C16H17FN2O2. The van der Waals surface area contributed by atoms with Gasteiger partial charge in [-0.25, -0.2) is 9.18 Å². The minimum Gasteiger partial charge on any atom is -0.478 e. The number of benzene rings is 2. The van der Waals surface area contributed by atoms with Crippen LogP contribution in [0.25, 0.3) is 0 Å². The molecule has 4 N–H and O–H groups in total. The van der Waals surface area contributed by atoms with Gasteiger partial charge in [0.15, 0.2) is 0 Å². The lowest BCUT2D eigenvalue weighted by atomic mass is 10.1. The molecule has 0 saturated heterocycles. The van der Waals surface area contributed by atoms with E-state index in [1.807, 2.05) is 24.3 Å². The van der Waals surface area contributed by atoms with Crippen molar-refractivity contribution in [2.75, 3.05) is 11.1 Å². The highest BCUT2D eigenvalue weighted by molar-refractivity contribution is 6.00. The average Bonchev–Trinajstić information content (AvgIpc) is 2.48. The summed E-state index contributed by atoms with van der Waals surface area (Å²) < 4.78 is 13.4. The second kappa shape index (κ2) is 6.26. The van der Waals surface area contributed by atoms with Crippen molar-refractivity contribution in [3.8, 4) is 0 Å². The fourth-order valence-corrected chi connectivity index (χ4v) is 2.06. The van der Waals surface area contributed by atoms with E-state index in [4.69, 9.17) is 10.8 Å². The van der Waals surface area contributed by atoms with Gasteiger partial charge in [0.25, 0.3) is 0 Å². The molecule has 4 nitrogen and oxygen atoms in total. The van der Waals surface area contributed by atoms with Gasteiger partial charge in [-0.15, -0.1) is 0 Å². The Balaban J connectivity index is 2.19. The van der Waals surface area contributed by atoms with Crippen molar-refractivity contribution in [1.82, 2.24) is 0 Å². The van der Waals surface area contributed by atoms with Crippen LogP contribution in [0.3, 0.4) is 0 Å². The lowest BCUT2D eigenvalue weighted by Gasteiger charge is -2.12. The van der Waals surface area contributed by atoms with Crippen LogP contribution >= 0.6 is 0 Å². The molecule has 0 unspecified atom stereocenters. The molecule has 0 aromatic heterocycles. The fourth-order valence-electron chi connectivity index (χ4n) is 2.06. The van der Waals surface area contributed by atoms with Gasteiger partial charge in [0, 0.05) is 6.54 Å². The second-order valence-corrected chi connectivity index (χ2v) is 4.71. The third-order valence-electron chi connectivity index (χ3n) is 3.32. The maximum Gasteiger partial charge on any atom is 0.340 e. The van der Waals surface area contributed by atoms with Gasteiger partial charge in [-0.05, 0) is 29.7 Å². The molecule has 0 radical (unpaired) electrons. The summed E-state index contributed by atoms with van der Waals surface area (Å²) in [5.41, 5.74) is 7.45. The number of aryl methyl sites for hydroxylation is 1. The van der Waals surface area contributed by atoms with E-state index in [1.165, 1.54) is 11.6 Å². The Hall–Kier alpha value is -2.56. The Bertz CT molecular complexity index is 654. The van der Waals surface area contributed by atoms with Gasteiger partial charge in [-0.1, -0.05) is 31.2 Å². The molecule has 21 heavy (non-hydrogen) atoms. The van der Waals surface area contributed by atoms with E-state index in [0.29, 0.717) is 12.2 Å². The molecule has 0 fully saturated rings. The van der Waals surface area contributed by atoms with Crippen molar-refractivity contribution in [2.24, 2.45) is 0 Å². The Morgan fingerprint density at radius 1 is 1.19 bits per heavy atom. The summed E-state index contributed by atoms with van der Waals surface area (Å²) in [6, 6.07) is 10.5. The molecule has 0 aliphatic rings. The second-order valence-electron chi connectivity index (χ2n) is 4.71. The molecule has 0 bridgehead atoms. The summed E-state index contributed by atoms with van der Waals surface area (Å²) in [5.74, 6) is -1.99. The molecule has 0 saturated carbocycles. The van der Waals surface area contributed by atoms with Crippen LogP contribution in [0.4, 0.5) is 15.8 Å². The number of hydrogen-bond acceptors (Lipinski definition) is 3. The van der Waals surface area contributed by atoms with Crippen LogP contribution in [0, 0.1) is 5.82 Å². The first-order valence-corrected chi connectivity index (χ1v) is 6.66. The maximum absolute atomic E-state index is 13.4. The van der Waals surface area contributed by atoms with Gasteiger partial charge in [0.1, 0.15) is 11.4 Å². The van der Waals surface area contributed by atoms with Crippen molar-refractivity contribution in [3.05, 3.63) is 58.9 Å². The largest absolute Gasteiger partial charge is 0.478 e. The first-order chi connectivity index (χ1) is 10.0. The highest BCUT2D eigenvalue weighted by Crippen LogP contribution is 2.25. The minimum atomic E-state index is -1.25. The molecule has 2 rings (SSSR count). The summed E-state index contributed by atoms with van der Waals surface area (Å²) in [6.45, 7) is 2.52. The van der Waals surface area contributed by atoms with Crippen LogP contribution in [0.15, 0.2) is 36.4 Å². The van der Waals surface area contributed by atoms with Crippen LogP contribution in [0.2, 0.25) is 0 Å². The number of carbonyl (C=O) groups is 1. The zero-order valence-electron chi connectivity index (χ0n) is 11.7. The number of rotatable bonds is 5. The van der Waals surface area contributed by atoms with Crippen molar-refractivity contribution in [2.45, 2.75) is 19.9 Å². The van der Waals surface area contributed by atoms with Crippen LogP contribution in [-0.2, 0) is 13.0 Å². The Morgan fingerprint density at radius 3 is 2.38 bits per heavy atom. The van der Waals surface area contributed by atoms with E-state index >= 15 is 0 Å². The van der Waals surface area contributed by atoms with Crippen molar-refractivity contribution in [3.63, 3.8) is 0 Å². The molecule has 0 spiro atoms. The lowest BCUT2D eigenvalue weighted by molar-refractivity contribution is 0.0698. The quantitative estimate of drug-likeness (QED) is 0.738. The van der Waals surface area contributed by atoms with E-state index < -0.39 is 11.8 Å². The predicted octanol–water partition coefficient (Wildman–Crippen LogP) is 3.28. The van der Waals surface area contributed by atoms with Gasteiger partial charge < -0.3 is 16.2 Å². The third kappa shape index (κ3) is 3.31. The SMILES string of the molecule is CCc1ccc(CNc2ccc(F)c(N)c2C(=O)O)cc1. The zero-order valence-corrected chi connectivity index (χ0v) is 11.7. The van der Waals surface area contributed by atoms with E-state index in [0.717, 1.165) is 18.1 Å². The molecule has 0 aliphatic heterocycles. The van der Waals surface area contributed by atoms with Crippen LogP contribution in [0.1, 0.15) is 28.4 Å². The predicted molar refractivity (Wildman–Crippen MR) is 80.9 cm³/mol. The number of nitrogen functional groups attached to an aromatic ring is 1. The third-order valence-corrected chi connectivity index (χ3v) is 3.32. The topological polar surface area (TPSA) is 75.3 Å². The fraction of sp³-hybridized carbons (Fsp3) is 0.188. The van der Waals surface area contributed by atoms with Gasteiger partial charge in [0.05, 0.1) is 11.4 Å². The van der Waals surface area contributed by atoms with Crippen LogP contribution < -0.4 is 11.1 Å². The number of nitrogens with one attached hydrogen (secondary N) is 1. The van der Waals surface area contributed by atoms with E-state index in [9.17, 15) is 9.18 Å². The lowest BCUT2D eigenvalue weighted by Crippen LogP contribution is -2.10. The number of carboxylic acids is 1. The van der Waals surface area contributed by atoms with E-state index in [1.54, 1.807) is 0 Å². The Labute approximate surface area is 122 Å². The highest BCUT2D eigenvalue weighted by atomic mass is 19.1. The Morgan fingerprint density at radius 2 is 1.81 bits per heavy atom. The smallest absolute Gasteiger partial charge is 0.340 e.